The maximum absolute atomic E-state index is 12.6. The van der Waals surface area contributed by atoms with Crippen molar-refractivity contribution in [2.45, 2.75) is 26.1 Å². The van der Waals surface area contributed by atoms with E-state index in [0.717, 1.165) is 42.1 Å². The number of pyridine rings is 1. The van der Waals surface area contributed by atoms with E-state index in [4.69, 9.17) is 9.40 Å². The van der Waals surface area contributed by atoms with Crippen molar-refractivity contribution < 1.29 is 14.0 Å². The van der Waals surface area contributed by atoms with E-state index >= 15 is 0 Å². The fourth-order valence-electron chi connectivity index (χ4n) is 4.49. The molecule has 3 aromatic heterocycles. The van der Waals surface area contributed by atoms with Crippen molar-refractivity contribution in [3.05, 3.63) is 101 Å². The van der Waals surface area contributed by atoms with E-state index in [1.54, 1.807) is 36.7 Å². The van der Waals surface area contributed by atoms with E-state index in [0.29, 0.717) is 29.3 Å². The Bertz CT molecular complexity index is 1360. The molecule has 1 aromatic carbocycles. The molecule has 6 rings (SSSR count). The van der Waals surface area contributed by atoms with Crippen molar-refractivity contribution in [2.75, 3.05) is 6.54 Å². The zero-order chi connectivity index (χ0) is 23.1. The Labute approximate surface area is 195 Å². The Morgan fingerprint density at radius 1 is 0.882 bits per heavy atom. The Kier molecular flexibility index (Phi) is 5.00. The van der Waals surface area contributed by atoms with Gasteiger partial charge < -0.3 is 4.42 Å². The van der Waals surface area contributed by atoms with Crippen LogP contribution in [0.5, 0.6) is 0 Å². The molecule has 5 heterocycles. The molecule has 2 amide bonds. The predicted octanol–water partition coefficient (Wildman–Crippen LogP) is 3.49. The van der Waals surface area contributed by atoms with E-state index in [-0.39, 0.29) is 18.4 Å². The molecule has 4 aromatic rings. The summed E-state index contributed by atoms with van der Waals surface area (Å²) in [6, 6.07) is 14.5. The van der Waals surface area contributed by atoms with Gasteiger partial charge in [0.25, 0.3) is 11.8 Å². The highest BCUT2D eigenvalue weighted by Crippen LogP contribution is 2.26. The maximum Gasteiger partial charge on any atom is 0.261 e. The van der Waals surface area contributed by atoms with Gasteiger partial charge in [-0.1, -0.05) is 12.1 Å². The lowest BCUT2D eigenvalue weighted by Gasteiger charge is -2.27. The summed E-state index contributed by atoms with van der Waals surface area (Å²) in [5.74, 6) is 1.52. The second-order valence-corrected chi connectivity index (χ2v) is 8.48. The minimum Gasteiger partial charge on any atom is -0.463 e. The third kappa shape index (κ3) is 3.68. The lowest BCUT2D eigenvalue weighted by atomic mass is 10.1. The van der Waals surface area contributed by atoms with Gasteiger partial charge in [0.1, 0.15) is 11.5 Å². The van der Waals surface area contributed by atoms with Crippen LogP contribution in [0.1, 0.15) is 43.5 Å². The first-order valence-electron chi connectivity index (χ1n) is 11.2. The molecule has 0 fully saturated rings. The number of hydrogen-bond acceptors (Lipinski definition) is 7. The summed E-state index contributed by atoms with van der Waals surface area (Å²) >= 11 is 0. The number of carbonyl (C=O) groups excluding carboxylic acids is 2. The lowest BCUT2D eigenvalue weighted by molar-refractivity contribution is 0.0630. The summed E-state index contributed by atoms with van der Waals surface area (Å²) in [5, 5.41) is 0. The highest BCUT2D eigenvalue weighted by molar-refractivity contribution is 6.21. The predicted molar refractivity (Wildman–Crippen MR) is 122 cm³/mol. The van der Waals surface area contributed by atoms with Crippen LogP contribution in [-0.2, 0) is 26.1 Å². The van der Waals surface area contributed by atoms with Crippen LogP contribution >= 0.6 is 0 Å². The number of furan rings is 1. The van der Waals surface area contributed by atoms with Gasteiger partial charge in [-0.3, -0.25) is 24.4 Å². The highest BCUT2D eigenvalue weighted by atomic mass is 16.3. The van der Waals surface area contributed by atoms with E-state index in [2.05, 4.69) is 14.9 Å². The number of aromatic nitrogens is 3. The smallest absolute Gasteiger partial charge is 0.261 e. The number of carbonyl (C=O) groups is 2. The number of imide groups is 1. The molecule has 34 heavy (non-hydrogen) atoms. The van der Waals surface area contributed by atoms with Crippen LogP contribution in [0.25, 0.3) is 11.4 Å². The molecule has 0 unspecified atom stereocenters. The van der Waals surface area contributed by atoms with Crippen LogP contribution in [-0.4, -0.2) is 43.1 Å². The third-order valence-electron chi connectivity index (χ3n) is 6.22. The topological polar surface area (TPSA) is 92.4 Å². The van der Waals surface area contributed by atoms with Crippen molar-refractivity contribution in [3.8, 4) is 11.4 Å². The number of nitrogens with zero attached hydrogens (tertiary/aromatic N) is 5. The van der Waals surface area contributed by atoms with Crippen molar-refractivity contribution in [1.82, 2.24) is 24.8 Å². The first-order valence-corrected chi connectivity index (χ1v) is 11.2. The number of fused-ring (bicyclic) bond motifs is 2. The van der Waals surface area contributed by atoms with E-state index in [1.165, 1.54) is 4.90 Å². The zero-order valence-electron chi connectivity index (χ0n) is 18.3. The van der Waals surface area contributed by atoms with Gasteiger partial charge in [-0.25, -0.2) is 9.97 Å². The summed E-state index contributed by atoms with van der Waals surface area (Å²) in [4.78, 5) is 42.1. The molecule has 8 heteroatoms. The third-order valence-corrected chi connectivity index (χ3v) is 6.22. The van der Waals surface area contributed by atoms with Crippen molar-refractivity contribution in [1.29, 1.82) is 0 Å². The van der Waals surface area contributed by atoms with Crippen molar-refractivity contribution in [2.24, 2.45) is 0 Å². The molecule has 0 aliphatic carbocycles. The van der Waals surface area contributed by atoms with Crippen LogP contribution in [0.2, 0.25) is 0 Å². The Morgan fingerprint density at radius 2 is 1.65 bits per heavy atom. The van der Waals surface area contributed by atoms with Crippen LogP contribution in [0, 0.1) is 0 Å². The van der Waals surface area contributed by atoms with Gasteiger partial charge >= 0.3 is 0 Å². The summed E-state index contributed by atoms with van der Waals surface area (Å²) in [5.41, 5.74) is 3.97. The van der Waals surface area contributed by atoms with Crippen molar-refractivity contribution >= 4 is 11.8 Å². The van der Waals surface area contributed by atoms with Gasteiger partial charge in [0.15, 0.2) is 5.82 Å². The largest absolute Gasteiger partial charge is 0.463 e. The van der Waals surface area contributed by atoms with Gasteiger partial charge in [0.2, 0.25) is 0 Å². The molecule has 168 valence electrons. The Hall–Kier alpha value is -4.17. The second kappa shape index (κ2) is 8.31. The van der Waals surface area contributed by atoms with Gasteiger partial charge in [-0.15, -0.1) is 0 Å². The van der Waals surface area contributed by atoms with Crippen LogP contribution in [0.3, 0.4) is 0 Å². The SMILES string of the molecule is O=C1c2ccccc2C(=O)N1Cc1ccc(CN2CCc3nc(-c4cccnc4)ncc3C2)o1. The quantitative estimate of drug-likeness (QED) is 0.429. The molecule has 8 nitrogen and oxygen atoms in total. The van der Waals surface area contributed by atoms with E-state index in [9.17, 15) is 9.59 Å². The average molecular weight is 451 g/mol. The molecule has 0 bridgehead atoms. The first kappa shape index (κ1) is 20.4. The minimum atomic E-state index is -0.281. The first-order chi connectivity index (χ1) is 16.7. The minimum absolute atomic E-state index is 0.125. The molecular weight excluding hydrogens is 430 g/mol. The van der Waals surface area contributed by atoms with Gasteiger partial charge in [-0.05, 0) is 36.4 Å². The molecule has 0 saturated carbocycles. The monoisotopic (exact) mass is 451 g/mol. The molecular formula is C26H21N5O3. The second-order valence-electron chi connectivity index (χ2n) is 8.48. The standard InChI is InChI=1S/C26H21N5O3/c32-25-21-5-1-2-6-22(21)26(33)31(25)16-20-8-7-19(34-20)15-30-11-9-23-18(14-30)13-28-24(29-23)17-4-3-10-27-12-17/h1-8,10,12-13H,9,11,14-16H2. The van der Waals surface area contributed by atoms with E-state index in [1.807, 2.05) is 30.5 Å². The van der Waals surface area contributed by atoms with Gasteiger partial charge in [0.05, 0.1) is 29.9 Å². The Morgan fingerprint density at radius 3 is 2.38 bits per heavy atom. The normalized spacial score (nSPS) is 15.5. The fourth-order valence-corrected chi connectivity index (χ4v) is 4.49. The van der Waals surface area contributed by atoms with Crippen LogP contribution in [0.15, 0.2) is 71.5 Å². The molecule has 2 aliphatic rings. The summed E-state index contributed by atoms with van der Waals surface area (Å²) < 4.78 is 5.98. The molecule has 2 aliphatic heterocycles. The maximum atomic E-state index is 12.6. The number of benzene rings is 1. The average Bonchev–Trinajstić information content (AvgIpc) is 3.42. The number of hydrogen-bond donors (Lipinski definition) is 0. The molecule has 0 saturated heterocycles. The molecule has 0 atom stereocenters. The summed E-state index contributed by atoms with van der Waals surface area (Å²) in [7, 11) is 0. The molecule has 0 N–H and O–H groups in total. The Balaban J connectivity index is 1.11. The summed E-state index contributed by atoms with van der Waals surface area (Å²) in [6.07, 6.45) is 6.23. The van der Waals surface area contributed by atoms with Gasteiger partial charge in [0, 0.05) is 49.2 Å². The summed E-state index contributed by atoms with van der Waals surface area (Å²) in [6.45, 7) is 2.34. The number of rotatable bonds is 5. The number of amides is 2. The lowest BCUT2D eigenvalue weighted by Crippen LogP contribution is -2.31. The molecule has 0 spiro atoms. The zero-order valence-corrected chi connectivity index (χ0v) is 18.3. The van der Waals surface area contributed by atoms with Crippen LogP contribution in [0.4, 0.5) is 0 Å². The van der Waals surface area contributed by atoms with Gasteiger partial charge in [-0.2, -0.15) is 0 Å². The van der Waals surface area contributed by atoms with Crippen LogP contribution < -0.4 is 0 Å². The van der Waals surface area contributed by atoms with Crippen molar-refractivity contribution in [3.63, 3.8) is 0 Å². The highest BCUT2D eigenvalue weighted by Gasteiger charge is 2.35. The molecule has 0 radical (unpaired) electrons. The van der Waals surface area contributed by atoms with E-state index < -0.39 is 0 Å². The fraction of sp³-hybridized carbons (Fsp3) is 0.192.